The summed E-state index contributed by atoms with van der Waals surface area (Å²) < 4.78 is 24.6. The van der Waals surface area contributed by atoms with Crippen LogP contribution in [0.4, 0.5) is 0 Å². The van der Waals surface area contributed by atoms with Gasteiger partial charge in [-0.3, -0.25) is 4.52 Å². The zero-order valence-corrected chi connectivity index (χ0v) is 25.8. The number of unbranched alkanes of at least 4 members (excludes halogenated alkanes) is 12. The van der Waals surface area contributed by atoms with Gasteiger partial charge < -0.3 is 13.8 Å². The highest BCUT2D eigenvalue weighted by Gasteiger charge is 2.18. The van der Waals surface area contributed by atoms with Crippen molar-refractivity contribution in [3.8, 4) is 11.5 Å². The molecule has 0 fully saturated rings. The van der Waals surface area contributed by atoms with Crippen LogP contribution in [0.1, 0.15) is 123 Å². The van der Waals surface area contributed by atoms with Gasteiger partial charge in [0.1, 0.15) is 11.5 Å². The molecule has 0 heterocycles. The van der Waals surface area contributed by atoms with Crippen molar-refractivity contribution in [1.82, 2.24) is 0 Å². The number of hydrogen-bond donors (Lipinski definition) is 0. The summed E-state index contributed by atoms with van der Waals surface area (Å²) in [5.41, 5.74) is 0. The Balaban J connectivity index is 1.71. The summed E-state index contributed by atoms with van der Waals surface area (Å²) in [6, 6.07) is 19.5. The Kier molecular flexibility index (Phi) is 20.9. The highest BCUT2D eigenvalue weighted by atomic mass is 31.2. The maximum Gasteiger partial charge on any atom is 0.463 e. The minimum absolute atomic E-state index is 0.320. The lowest BCUT2D eigenvalue weighted by Gasteiger charge is -2.20. The molecule has 0 saturated heterocycles. The second-order valence-electron chi connectivity index (χ2n) is 10.5. The van der Waals surface area contributed by atoms with Crippen LogP contribution < -0.4 is 9.05 Å². The van der Waals surface area contributed by atoms with Crippen molar-refractivity contribution in [1.29, 1.82) is 0 Å². The van der Waals surface area contributed by atoms with Gasteiger partial charge in [0.25, 0.3) is 0 Å². The molecule has 0 aliphatic rings. The Hall–Kier alpha value is -1.61. The fourth-order valence-electron chi connectivity index (χ4n) is 4.61. The molecule has 2 aromatic carbocycles. The molecule has 4 nitrogen and oxygen atoms in total. The Labute approximate surface area is 241 Å². The Morgan fingerprint density at radius 2 is 0.974 bits per heavy atom. The van der Waals surface area contributed by atoms with E-state index in [9.17, 15) is 0 Å². The fourth-order valence-corrected chi connectivity index (χ4v) is 5.61. The molecule has 2 aromatic rings. The molecule has 0 aliphatic carbocycles. The highest BCUT2D eigenvalue weighted by Crippen LogP contribution is 2.41. The maximum absolute atomic E-state index is 6.39. The average Bonchev–Trinajstić information content (AvgIpc) is 2.96. The zero-order valence-electron chi connectivity index (χ0n) is 24.9. The SMILES string of the molecule is CCCCCCCCCCCOC(CCCCCCC)CCCOP(Oc1ccccc1)Oc1ccccc1. The lowest BCUT2D eigenvalue weighted by Crippen LogP contribution is -2.15. The van der Waals surface area contributed by atoms with Crippen molar-refractivity contribution in [2.24, 2.45) is 0 Å². The van der Waals surface area contributed by atoms with Crippen molar-refractivity contribution < 1.29 is 18.3 Å². The zero-order chi connectivity index (χ0) is 27.6. The van der Waals surface area contributed by atoms with Crippen LogP contribution >= 0.6 is 8.60 Å². The molecule has 0 bridgehead atoms. The van der Waals surface area contributed by atoms with Gasteiger partial charge in [-0.25, -0.2) is 0 Å². The number of ether oxygens (including phenoxy) is 1. The van der Waals surface area contributed by atoms with E-state index >= 15 is 0 Å². The molecule has 0 saturated carbocycles. The Morgan fingerprint density at radius 3 is 1.51 bits per heavy atom. The van der Waals surface area contributed by atoms with Crippen LogP contribution in [0.25, 0.3) is 0 Å². The van der Waals surface area contributed by atoms with Gasteiger partial charge in [-0.15, -0.1) is 0 Å². The second-order valence-corrected chi connectivity index (χ2v) is 11.6. The van der Waals surface area contributed by atoms with E-state index in [0.29, 0.717) is 12.7 Å². The van der Waals surface area contributed by atoms with Crippen molar-refractivity contribution in [3.05, 3.63) is 60.7 Å². The minimum atomic E-state index is -1.53. The molecule has 1 atom stereocenters. The molecular formula is C34H55O4P. The lowest BCUT2D eigenvalue weighted by atomic mass is 10.0. The predicted molar refractivity (Wildman–Crippen MR) is 167 cm³/mol. The van der Waals surface area contributed by atoms with E-state index in [1.165, 1.54) is 89.9 Å². The number of para-hydroxylation sites is 2. The van der Waals surface area contributed by atoms with Gasteiger partial charge in [0, 0.05) is 6.61 Å². The van der Waals surface area contributed by atoms with Crippen LogP contribution in [0.15, 0.2) is 60.7 Å². The number of rotatable bonds is 26. The van der Waals surface area contributed by atoms with Gasteiger partial charge in [0.05, 0.1) is 12.7 Å². The van der Waals surface area contributed by atoms with Crippen LogP contribution in [-0.4, -0.2) is 19.3 Å². The van der Waals surface area contributed by atoms with Crippen molar-refractivity contribution in [2.45, 2.75) is 129 Å². The smallest absolute Gasteiger partial charge is 0.418 e. The highest BCUT2D eigenvalue weighted by molar-refractivity contribution is 7.42. The molecule has 0 spiro atoms. The van der Waals surface area contributed by atoms with Crippen LogP contribution in [-0.2, 0) is 9.26 Å². The topological polar surface area (TPSA) is 36.9 Å². The van der Waals surface area contributed by atoms with E-state index in [2.05, 4.69) is 13.8 Å². The molecule has 0 amide bonds. The second kappa shape index (κ2) is 24.2. The normalized spacial score (nSPS) is 12.1. The summed E-state index contributed by atoms with van der Waals surface area (Å²) in [5.74, 6) is 1.52. The van der Waals surface area contributed by atoms with Crippen molar-refractivity contribution >= 4 is 8.60 Å². The van der Waals surface area contributed by atoms with Crippen molar-refractivity contribution in [3.63, 3.8) is 0 Å². The van der Waals surface area contributed by atoms with Crippen LogP contribution in [0.2, 0.25) is 0 Å². The first kappa shape index (κ1) is 33.6. The van der Waals surface area contributed by atoms with Gasteiger partial charge in [-0.05, 0) is 49.9 Å². The average molecular weight is 559 g/mol. The summed E-state index contributed by atoms with van der Waals surface area (Å²) in [6.07, 6.45) is 22.1. The van der Waals surface area contributed by atoms with Crippen LogP contribution in [0.5, 0.6) is 11.5 Å². The van der Waals surface area contributed by atoms with E-state index < -0.39 is 8.60 Å². The van der Waals surface area contributed by atoms with E-state index in [1.54, 1.807) is 0 Å². The van der Waals surface area contributed by atoms with Gasteiger partial charge >= 0.3 is 8.60 Å². The number of benzene rings is 2. The monoisotopic (exact) mass is 558 g/mol. The molecule has 0 radical (unpaired) electrons. The summed E-state index contributed by atoms with van der Waals surface area (Å²) in [5, 5.41) is 0. The third-order valence-corrected chi connectivity index (χ3v) is 8.06. The standard InChI is InChI=1S/C34H55O4P/c1-3-5-7-9-10-11-12-14-22-30-35-32(24-17-13-8-6-4-2)29-23-31-36-39(37-33-25-18-15-19-26-33)38-34-27-20-16-21-28-34/h15-16,18-21,25-28,32H,3-14,17,22-24,29-31H2,1-2H3. The largest absolute Gasteiger partial charge is 0.463 e. The van der Waals surface area contributed by atoms with Crippen LogP contribution in [0, 0.1) is 0 Å². The number of hydrogen-bond acceptors (Lipinski definition) is 4. The Morgan fingerprint density at radius 1 is 0.513 bits per heavy atom. The molecule has 5 heteroatoms. The molecule has 220 valence electrons. The lowest BCUT2D eigenvalue weighted by molar-refractivity contribution is 0.0335. The fraction of sp³-hybridized carbons (Fsp3) is 0.647. The van der Waals surface area contributed by atoms with Crippen molar-refractivity contribution in [2.75, 3.05) is 13.2 Å². The summed E-state index contributed by atoms with van der Waals surface area (Å²) in [6.45, 7) is 6.04. The first-order chi connectivity index (χ1) is 19.3. The third-order valence-electron chi connectivity index (χ3n) is 6.94. The van der Waals surface area contributed by atoms with Gasteiger partial charge in [0.2, 0.25) is 0 Å². The molecule has 39 heavy (non-hydrogen) atoms. The molecule has 0 aliphatic heterocycles. The molecule has 2 rings (SSSR count). The minimum Gasteiger partial charge on any atom is -0.418 e. The Bertz CT molecular complexity index is 732. The molecule has 1 unspecified atom stereocenters. The van der Waals surface area contributed by atoms with E-state index in [1.807, 2.05) is 60.7 Å². The molecule has 0 N–H and O–H groups in total. The summed E-state index contributed by atoms with van der Waals surface area (Å²) in [4.78, 5) is 0. The van der Waals surface area contributed by atoms with Gasteiger partial charge in [-0.2, -0.15) is 0 Å². The first-order valence-corrected chi connectivity index (χ1v) is 16.9. The van der Waals surface area contributed by atoms with E-state index in [0.717, 1.165) is 37.4 Å². The van der Waals surface area contributed by atoms with Gasteiger partial charge in [-0.1, -0.05) is 134 Å². The quantitative estimate of drug-likeness (QED) is 0.0850. The first-order valence-electron chi connectivity index (χ1n) is 15.8. The summed E-state index contributed by atoms with van der Waals surface area (Å²) in [7, 11) is -1.53. The van der Waals surface area contributed by atoms with Gasteiger partial charge in [0.15, 0.2) is 0 Å². The maximum atomic E-state index is 6.39. The van der Waals surface area contributed by atoms with E-state index in [4.69, 9.17) is 18.3 Å². The summed E-state index contributed by atoms with van der Waals surface area (Å²) >= 11 is 0. The molecule has 0 aromatic heterocycles. The van der Waals surface area contributed by atoms with Crippen LogP contribution in [0.3, 0.4) is 0 Å². The third kappa shape index (κ3) is 18.4. The van der Waals surface area contributed by atoms with E-state index in [-0.39, 0.29) is 0 Å². The molecular weight excluding hydrogens is 503 g/mol. The predicted octanol–water partition coefficient (Wildman–Crippen LogP) is 11.4.